The largest absolute Gasteiger partial charge is 0.505 e. The molecule has 2 N–H and O–H groups in total. The van der Waals surface area contributed by atoms with Crippen LogP contribution in [0.5, 0.6) is 5.75 Å². The summed E-state index contributed by atoms with van der Waals surface area (Å²) in [7, 11) is 1.35. The van der Waals surface area contributed by atoms with Crippen molar-refractivity contribution >= 4 is 27.0 Å². The fourth-order valence-electron chi connectivity index (χ4n) is 2.41. The van der Waals surface area contributed by atoms with Gasteiger partial charge in [-0.05, 0) is 34.1 Å². The second-order valence-electron chi connectivity index (χ2n) is 4.70. The molecule has 2 aromatic heterocycles. The predicted octanol–water partition coefficient (Wildman–Crippen LogP) is 4.05. The van der Waals surface area contributed by atoms with Gasteiger partial charge in [0.05, 0.1) is 5.56 Å². The van der Waals surface area contributed by atoms with Gasteiger partial charge in [0.15, 0.2) is 11.6 Å². The first-order chi connectivity index (χ1) is 10.5. The van der Waals surface area contributed by atoms with Crippen molar-refractivity contribution in [3.05, 3.63) is 57.8 Å². The van der Waals surface area contributed by atoms with Gasteiger partial charge in [-0.25, -0.2) is 13.8 Å². The van der Waals surface area contributed by atoms with E-state index >= 15 is 0 Å². The van der Waals surface area contributed by atoms with Crippen LogP contribution in [0.15, 0.2) is 35.1 Å². The standard InChI is InChI=1S/C15H11BrF2N2O2/c1-22-14(12-10(17)2-3-11(21)13(12)18)9-6-20-15-8(9)4-7(16)5-19-15/h2-6,14,21H,1H3,(H,19,20). The Labute approximate surface area is 132 Å². The van der Waals surface area contributed by atoms with Crippen LogP contribution in [0, 0.1) is 11.6 Å². The third kappa shape index (κ3) is 2.36. The van der Waals surface area contributed by atoms with Gasteiger partial charge in [-0.2, -0.15) is 0 Å². The number of hydrogen-bond acceptors (Lipinski definition) is 3. The number of aromatic amines is 1. The number of aromatic nitrogens is 2. The van der Waals surface area contributed by atoms with Crippen molar-refractivity contribution < 1.29 is 18.6 Å². The van der Waals surface area contributed by atoms with Gasteiger partial charge in [-0.15, -0.1) is 0 Å². The molecule has 7 heteroatoms. The van der Waals surface area contributed by atoms with Gasteiger partial charge >= 0.3 is 0 Å². The fourth-order valence-corrected chi connectivity index (χ4v) is 2.74. The van der Waals surface area contributed by atoms with Crippen LogP contribution in [-0.4, -0.2) is 22.2 Å². The summed E-state index contributed by atoms with van der Waals surface area (Å²) < 4.78 is 34.3. The molecule has 1 unspecified atom stereocenters. The van der Waals surface area contributed by atoms with Crippen LogP contribution in [0.3, 0.4) is 0 Å². The summed E-state index contributed by atoms with van der Waals surface area (Å²) in [6.45, 7) is 0. The molecule has 114 valence electrons. The van der Waals surface area contributed by atoms with Gasteiger partial charge in [0, 0.05) is 34.9 Å². The number of nitrogens with one attached hydrogen (secondary N) is 1. The lowest BCUT2D eigenvalue weighted by Crippen LogP contribution is -2.08. The Kier molecular flexibility index (Phi) is 3.84. The highest BCUT2D eigenvalue weighted by Crippen LogP contribution is 2.36. The summed E-state index contributed by atoms with van der Waals surface area (Å²) in [6, 6.07) is 3.75. The number of halogens is 3. The number of rotatable bonds is 3. The van der Waals surface area contributed by atoms with E-state index in [0.29, 0.717) is 16.6 Å². The van der Waals surface area contributed by atoms with E-state index in [1.807, 2.05) is 0 Å². The monoisotopic (exact) mass is 368 g/mol. The van der Waals surface area contributed by atoms with Gasteiger partial charge in [-0.3, -0.25) is 0 Å². The molecule has 0 aliphatic heterocycles. The number of nitrogens with zero attached hydrogens (tertiary/aromatic N) is 1. The van der Waals surface area contributed by atoms with E-state index in [9.17, 15) is 13.9 Å². The van der Waals surface area contributed by atoms with Gasteiger partial charge in [0.1, 0.15) is 17.6 Å². The van der Waals surface area contributed by atoms with Crippen LogP contribution in [-0.2, 0) is 4.74 Å². The van der Waals surface area contributed by atoms with Crippen LogP contribution in [0.2, 0.25) is 0 Å². The molecule has 1 aromatic carbocycles. The Bertz CT molecular complexity index is 851. The predicted molar refractivity (Wildman–Crippen MR) is 80.7 cm³/mol. The summed E-state index contributed by atoms with van der Waals surface area (Å²) in [5, 5.41) is 10.2. The van der Waals surface area contributed by atoms with Gasteiger partial charge in [0.25, 0.3) is 0 Å². The molecule has 3 rings (SSSR count). The van der Waals surface area contributed by atoms with Crippen molar-refractivity contribution in [1.29, 1.82) is 0 Å². The number of pyridine rings is 1. The SMILES string of the molecule is COC(c1c(F)ccc(O)c1F)c1c[nH]c2ncc(Br)cc12. The average Bonchev–Trinajstić information content (AvgIpc) is 2.90. The minimum Gasteiger partial charge on any atom is -0.505 e. The Hall–Kier alpha value is -1.99. The number of H-pyrrole nitrogens is 1. The molecule has 0 aliphatic carbocycles. The van der Waals surface area contributed by atoms with Crippen molar-refractivity contribution in [2.24, 2.45) is 0 Å². The molecular weight excluding hydrogens is 358 g/mol. The first-order valence-electron chi connectivity index (χ1n) is 6.35. The zero-order valence-corrected chi connectivity index (χ0v) is 13.0. The first kappa shape index (κ1) is 14.9. The van der Waals surface area contributed by atoms with Crippen LogP contribution in [0.1, 0.15) is 17.2 Å². The average molecular weight is 369 g/mol. The minimum atomic E-state index is -1.04. The molecule has 0 spiro atoms. The van der Waals surface area contributed by atoms with E-state index in [1.165, 1.54) is 7.11 Å². The molecule has 0 saturated carbocycles. The maximum Gasteiger partial charge on any atom is 0.173 e. The third-order valence-electron chi connectivity index (χ3n) is 3.42. The summed E-state index contributed by atoms with van der Waals surface area (Å²) in [5.74, 6) is -2.46. The number of ether oxygens (including phenoxy) is 1. The fraction of sp³-hybridized carbons (Fsp3) is 0.133. The highest BCUT2D eigenvalue weighted by molar-refractivity contribution is 9.10. The highest BCUT2D eigenvalue weighted by Gasteiger charge is 2.26. The summed E-state index contributed by atoms with van der Waals surface area (Å²) in [6.07, 6.45) is 2.18. The second-order valence-corrected chi connectivity index (χ2v) is 5.62. The quantitative estimate of drug-likeness (QED) is 0.733. The molecule has 0 saturated heterocycles. The van der Waals surface area contributed by atoms with E-state index in [-0.39, 0.29) is 5.56 Å². The number of aromatic hydroxyl groups is 1. The lowest BCUT2D eigenvalue weighted by atomic mass is 10.00. The number of phenols is 1. The van der Waals surface area contributed by atoms with Gasteiger partial charge in [-0.1, -0.05) is 0 Å². The first-order valence-corrected chi connectivity index (χ1v) is 7.14. The maximum absolute atomic E-state index is 14.2. The normalized spacial score (nSPS) is 12.7. The molecular formula is C15H11BrF2N2O2. The van der Waals surface area contributed by atoms with Gasteiger partial charge < -0.3 is 14.8 Å². The Balaban J connectivity index is 2.23. The van der Waals surface area contributed by atoms with E-state index in [1.54, 1.807) is 18.5 Å². The molecule has 22 heavy (non-hydrogen) atoms. The topological polar surface area (TPSA) is 58.1 Å². The second kappa shape index (κ2) is 5.66. The molecule has 0 fully saturated rings. The number of fused-ring (bicyclic) bond motifs is 1. The van der Waals surface area contributed by atoms with Crippen LogP contribution in [0.4, 0.5) is 8.78 Å². The molecule has 0 amide bonds. The number of hydrogen-bond donors (Lipinski definition) is 2. The van der Waals surface area contributed by atoms with Gasteiger partial charge in [0.2, 0.25) is 0 Å². The van der Waals surface area contributed by atoms with Crippen LogP contribution < -0.4 is 0 Å². The number of benzene rings is 1. The van der Waals surface area contributed by atoms with Crippen molar-refractivity contribution in [3.63, 3.8) is 0 Å². The van der Waals surface area contributed by atoms with Crippen molar-refractivity contribution in [3.8, 4) is 5.75 Å². The molecule has 0 radical (unpaired) electrons. The third-order valence-corrected chi connectivity index (χ3v) is 3.85. The smallest absolute Gasteiger partial charge is 0.173 e. The number of phenolic OH excluding ortho intramolecular Hbond substituents is 1. The van der Waals surface area contributed by atoms with Crippen molar-refractivity contribution in [1.82, 2.24) is 9.97 Å². The zero-order chi connectivity index (χ0) is 15.9. The van der Waals surface area contributed by atoms with Crippen LogP contribution >= 0.6 is 15.9 Å². The molecule has 1 atom stereocenters. The lowest BCUT2D eigenvalue weighted by molar-refractivity contribution is 0.130. The van der Waals surface area contributed by atoms with Crippen LogP contribution in [0.25, 0.3) is 11.0 Å². The lowest BCUT2D eigenvalue weighted by Gasteiger charge is -2.17. The number of methoxy groups -OCH3 is 1. The molecule has 3 aromatic rings. The molecule has 0 bridgehead atoms. The van der Waals surface area contributed by atoms with E-state index in [2.05, 4.69) is 25.9 Å². The van der Waals surface area contributed by atoms with E-state index < -0.39 is 23.5 Å². The molecule has 4 nitrogen and oxygen atoms in total. The summed E-state index contributed by atoms with van der Waals surface area (Å²) in [4.78, 5) is 7.11. The van der Waals surface area contributed by atoms with Crippen molar-refractivity contribution in [2.45, 2.75) is 6.10 Å². The minimum absolute atomic E-state index is 0.344. The molecule has 2 heterocycles. The van der Waals surface area contributed by atoms with E-state index in [0.717, 1.165) is 16.6 Å². The Morgan fingerprint density at radius 3 is 2.86 bits per heavy atom. The maximum atomic E-state index is 14.2. The summed E-state index contributed by atoms with van der Waals surface area (Å²) >= 11 is 3.31. The molecule has 0 aliphatic rings. The highest BCUT2D eigenvalue weighted by atomic mass is 79.9. The zero-order valence-electron chi connectivity index (χ0n) is 11.4. The Morgan fingerprint density at radius 1 is 1.36 bits per heavy atom. The summed E-state index contributed by atoms with van der Waals surface area (Å²) in [5.41, 5.74) is 0.749. The van der Waals surface area contributed by atoms with E-state index in [4.69, 9.17) is 4.74 Å². The van der Waals surface area contributed by atoms with Crippen molar-refractivity contribution in [2.75, 3.05) is 7.11 Å². The Morgan fingerprint density at radius 2 is 2.14 bits per heavy atom.